The predicted octanol–water partition coefficient (Wildman–Crippen LogP) is 3.62. The molecule has 4 rings (SSSR count). The first-order valence-corrected chi connectivity index (χ1v) is 9.29. The van der Waals surface area contributed by atoms with Gasteiger partial charge in [0.2, 0.25) is 0 Å². The van der Waals surface area contributed by atoms with E-state index in [1.165, 1.54) is 0 Å². The van der Waals surface area contributed by atoms with Crippen molar-refractivity contribution in [3.05, 3.63) is 58.5 Å². The number of carbonyl (C=O) groups excluding carboxylic acids is 1. The summed E-state index contributed by atoms with van der Waals surface area (Å²) in [4.78, 5) is 19.3. The number of morpholine rings is 1. The fraction of sp³-hybridized carbons (Fsp3) is 0.263. The first-order valence-electron chi connectivity index (χ1n) is 8.50. The lowest BCUT2D eigenvalue weighted by molar-refractivity contribution is 0.0297. The molecule has 0 bridgehead atoms. The zero-order chi connectivity index (χ0) is 18.1. The summed E-state index contributed by atoms with van der Waals surface area (Å²) in [6.45, 7) is 4.37. The van der Waals surface area contributed by atoms with Crippen LogP contribution in [-0.2, 0) is 4.74 Å². The number of anilines is 2. The number of aryl methyl sites for hydroxylation is 1. The second-order valence-electron chi connectivity index (χ2n) is 6.23. The van der Waals surface area contributed by atoms with E-state index in [0.29, 0.717) is 32.0 Å². The Morgan fingerprint density at radius 3 is 2.81 bits per heavy atom. The summed E-state index contributed by atoms with van der Waals surface area (Å²) >= 11 is 3.48. The summed E-state index contributed by atoms with van der Waals surface area (Å²) in [5, 5.41) is 3.34. The molecule has 1 aliphatic heterocycles. The summed E-state index contributed by atoms with van der Waals surface area (Å²) in [6.07, 6.45) is 1.65. The zero-order valence-electron chi connectivity index (χ0n) is 14.4. The molecule has 1 amide bonds. The van der Waals surface area contributed by atoms with Gasteiger partial charge < -0.3 is 19.4 Å². The fourth-order valence-electron chi connectivity index (χ4n) is 3.17. The number of fused-ring (bicyclic) bond motifs is 1. The molecule has 1 aliphatic rings. The highest BCUT2D eigenvalue weighted by atomic mass is 79.9. The molecule has 3 aromatic rings. The van der Waals surface area contributed by atoms with Crippen molar-refractivity contribution < 1.29 is 9.53 Å². The molecule has 6 nitrogen and oxygen atoms in total. The van der Waals surface area contributed by atoms with Crippen molar-refractivity contribution in [3.8, 4) is 0 Å². The Morgan fingerprint density at radius 1 is 1.23 bits per heavy atom. The lowest BCUT2D eigenvalue weighted by atomic mass is 10.3. The average molecular weight is 415 g/mol. The van der Waals surface area contributed by atoms with Gasteiger partial charge in [0.05, 0.1) is 24.9 Å². The first-order chi connectivity index (χ1) is 12.6. The third-order valence-corrected chi connectivity index (χ3v) is 4.97. The second-order valence-corrected chi connectivity index (χ2v) is 7.14. The Kier molecular flexibility index (Phi) is 4.65. The Morgan fingerprint density at radius 2 is 2.04 bits per heavy atom. The summed E-state index contributed by atoms with van der Waals surface area (Å²) in [6, 6.07) is 11.9. The monoisotopic (exact) mass is 414 g/mol. The van der Waals surface area contributed by atoms with Gasteiger partial charge in [-0.2, -0.15) is 0 Å². The molecule has 3 heterocycles. The minimum Gasteiger partial charge on any atom is -0.378 e. The number of carbonyl (C=O) groups is 1. The largest absolute Gasteiger partial charge is 0.378 e. The van der Waals surface area contributed by atoms with Crippen LogP contribution in [0.3, 0.4) is 0 Å². The highest BCUT2D eigenvalue weighted by molar-refractivity contribution is 9.10. The van der Waals surface area contributed by atoms with Crippen LogP contribution >= 0.6 is 15.9 Å². The lowest BCUT2D eigenvalue weighted by Gasteiger charge is -2.27. The molecule has 0 unspecified atom stereocenters. The maximum absolute atomic E-state index is 13.0. The number of hydrogen-bond acceptors (Lipinski definition) is 4. The fourth-order valence-corrected chi connectivity index (χ4v) is 3.57. The number of halogens is 1. The van der Waals surface area contributed by atoms with Crippen LogP contribution in [0.4, 0.5) is 11.5 Å². The summed E-state index contributed by atoms with van der Waals surface area (Å²) < 4.78 is 8.30. The standard InChI is InChI=1S/C19H19BrN4O2/c1-13-5-6-16-18(22-15-4-2-3-14(20)11-15)21-12-17(24(13)16)19(25)23-7-9-26-10-8-23/h2-6,11-12H,7-10H2,1H3,(H,21,22). The minimum absolute atomic E-state index is 0.0147. The molecular weight excluding hydrogens is 396 g/mol. The summed E-state index contributed by atoms with van der Waals surface area (Å²) in [5.41, 5.74) is 3.38. The molecule has 26 heavy (non-hydrogen) atoms. The number of amides is 1. The highest BCUT2D eigenvalue weighted by Gasteiger charge is 2.22. The van der Waals surface area contributed by atoms with E-state index in [4.69, 9.17) is 4.74 Å². The number of nitrogens with one attached hydrogen (secondary N) is 1. The molecule has 0 radical (unpaired) electrons. The van der Waals surface area contributed by atoms with Gasteiger partial charge in [-0.1, -0.05) is 22.0 Å². The van der Waals surface area contributed by atoms with Gasteiger partial charge in [-0.05, 0) is 37.3 Å². The first kappa shape index (κ1) is 17.1. The van der Waals surface area contributed by atoms with Gasteiger partial charge in [0.15, 0.2) is 5.82 Å². The summed E-state index contributed by atoms with van der Waals surface area (Å²) in [5.74, 6) is 0.703. The topological polar surface area (TPSA) is 58.9 Å². The van der Waals surface area contributed by atoms with Gasteiger partial charge in [0.1, 0.15) is 5.69 Å². The van der Waals surface area contributed by atoms with E-state index in [2.05, 4.69) is 26.2 Å². The molecule has 0 aliphatic carbocycles. The van der Waals surface area contributed by atoms with Gasteiger partial charge >= 0.3 is 0 Å². The molecule has 1 aromatic carbocycles. The van der Waals surface area contributed by atoms with Crippen molar-refractivity contribution in [1.29, 1.82) is 0 Å². The van der Waals surface area contributed by atoms with E-state index in [1.807, 2.05) is 52.6 Å². The van der Waals surface area contributed by atoms with Crippen molar-refractivity contribution in [1.82, 2.24) is 14.3 Å². The van der Waals surface area contributed by atoms with Gasteiger partial charge in [-0.25, -0.2) is 4.98 Å². The molecule has 0 spiro atoms. The van der Waals surface area contributed by atoms with Crippen LogP contribution < -0.4 is 5.32 Å². The lowest BCUT2D eigenvalue weighted by Crippen LogP contribution is -2.41. The van der Waals surface area contributed by atoms with Crippen LogP contribution in [0.5, 0.6) is 0 Å². The highest BCUT2D eigenvalue weighted by Crippen LogP contribution is 2.25. The minimum atomic E-state index is -0.0147. The molecule has 134 valence electrons. The number of ether oxygens (including phenoxy) is 1. The van der Waals surface area contributed by atoms with Gasteiger partial charge in [0.25, 0.3) is 5.91 Å². The molecule has 0 saturated carbocycles. The second kappa shape index (κ2) is 7.09. The number of hydrogen-bond donors (Lipinski definition) is 1. The zero-order valence-corrected chi connectivity index (χ0v) is 16.0. The van der Waals surface area contributed by atoms with Crippen LogP contribution in [0.2, 0.25) is 0 Å². The maximum Gasteiger partial charge on any atom is 0.272 e. The average Bonchev–Trinajstić information content (AvgIpc) is 3.05. The van der Waals surface area contributed by atoms with E-state index < -0.39 is 0 Å². The number of nitrogens with zero attached hydrogens (tertiary/aromatic N) is 3. The smallest absolute Gasteiger partial charge is 0.272 e. The van der Waals surface area contributed by atoms with Crippen molar-refractivity contribution >= 4 is 38.9 Å². The van der Waals surface area contributed by atoms with Gasteiger partial charge in [-0.15, -0.1) is 0 Å². The Labute approximate surface area is 159 Å². The van der Waals surface area contributed by atoms with Crippen LogP contribution in [-0.4, -0.2) is 46.5 Å². The van der Waals surface area contributed by atoms with Crippen molar-refractivity contribution in [2.75, 3.05) is 31.6 Å². The van der Waals surface area contributed by atoms with E-state index in [9.17, 15) is 4.79 Å². The van der Waals surface area contributed by atoms with Crippen LogP contribution in [0.1, 0.15) is 16.2 Å². The van der Waals surface area contributed by atoms with Gasteiger partial charge in [0, 0.05) is 28.9 Å². The molecular formula is C19H19BrN4O2. The molecule has 0 atom stereocenters. The van der Waals surface area contributed by atoms with E-state index >= 15 is 0 Å². The number of benzene rings is 1. The molecule has 1 saturated heterocycles. The Balaban J connectivity index is 1.73. The van der Waals surface area contributed by atoms with E-state index in [1.54, 1.807) is 6.20 Å². The van der Waals surface area contributed by atoms with Crippen molar-refractivity contribution in [3.63, 3.8) is 0 Å². The van der Waals surface area contributed by atoms with Crippen molar-refractivity contribution in [2.24, 2.45) is 0 Å². The van der Waals surface area contributed by atoms with Gasteiger partial charge in [-0.3, -0.25) is 4.79 Å². The van der Waals surface area contributed by atoms with Crippen molar-refractivity contribution in [2.45, 2.75) is 6.92 Å². The molecule has 7 heteroatoms. The van der Waals surface area contributed by atoms with Crippen LogP contribution in [0, 0.1) is 6.92 Å². The Hall–Kier alpha value is -2.38. The third kappa shape index (κ3) is 3.20. The van der Waals surface area contributed by atoms with E-state index in [0.717, 1.165) is 27.2 Å². The quantitative estimate of drug-likeness (QED) is 0.710. The molecule has 1 fully saturated rings. The number of aromatic nitrogens is 2. The predicted molar refractivity (Wildman–Crippen MR) is 104 cm³/mol. The van der Waals surface area contributed by atoms with E-state index in [-0.39, 0.29) is 5.91 Å². The summed E-state index contributed by atoms with van der Waals surface area (Å²) in [7, 11) is 0. The maximum atomic E-state index is 13.0. The van der Waals surface area contributed by atoms with Crippen LogP contribution in [0.15, 0.2) is 47.1 Å². The Bertz CT molecular complexity index is 963. The SMILES string of the molecule is Cc1ccc2c(Nc3cccc(Br)c3)ncc(C(=O)N3CCOCC3)n12. The normalized spacial score (nSPS) is 14.6. The van der Waals surface area contributed by atoms with Crippen LogP contribution in [0.25, 0.3) is 5.52 Å². The number of rotatable bonds is 3. The molecule has 1 N–H and O–H groups in total. The third-order valence-electron chi connectivity index (χ3n) is 4.48. The molecule has 2 aromatic heterocycles.